The summed E-state index contributed by atoms with van der Waals surface area (Å²) in [5.74, 6) is -0.0944. The van der Waals surface area contributed by atoms with Gasteiger partial charge in [0.15, 0.2) is 0 Å². The molecule has 1 N–H and O–H groups in total. The van der Waals surface area contributed by atoms with Crippen molar-refractivity contribution < 1.29 is 4.79 Å². The largest absolute Gasteiger partial charge is 0.355 e. The summed E-state index contributed by atoms with van der Waals surface area (Å²) in [6.45, 7) is 4.80. The SMILES string of the molecule is CCCNC(=O)C(Cl)c1ccc(CC)s1. The molecule has 1 atom stereocenters. The van der Waals surface area contributed by atoms with Gasteiger partial charge in [0.1, 0.15) is 5.38 Å². The molecule has 0 spiro atoms. The summed E-state index contributed by atoms with van der Waals surface area (Å²) >= 11 is 7.67. The molecular formula is C11H16ClNOS. The van der Waals surface area contributed by atoms with Crippen LogP contribution in [0.1, 0.15) is 35.4 Å². The summed E-state index contributed by atoms with van der Waals surface area (Å²) in [4.78, 5) is 13.8. The molecule has 4 heteroatoms. The fourth-order valence-electron chi connectivity index (χ4n) is 1.19. The van der Waals surface area contributed by atoms with Crippen molar-refractivity contribution in [1.29, 1.82) is 0 Å². The molecule has 1 aromatic rings. The molecule has 1 heterocycles. The van der Waals surface area contributed by atoms with Crippen molar-refractivity contribution in [2.45, 2.75) is 32.1 Å². The number of nitrogens with one attached hydrogen (secondary N) is 1. The number of alkyl halides is 1. The Morgan fingerprint density at radius 3 is 2.80 bits per heavy atom. The van der Waals surface area contributed by atoms with E-state index in [-0.39, 0.29) is 5.91 Å². The van der Waals surface area contributed by atoms with Gasteiger partial charge in [-0.1, -0.05) is 13.8 Å². The number of aryl methyl sites for hydroxylation is 1. The summed E-state index contributed by atoms with van der Waals surface area (Å²) in [6, 6.07) is 3.97. The highest BCUT2D eigenvalue weighted by Gasteiger charge is 2.18. The van der Waals surface area contributed by atoms with Gasteiger partial charge >= 0.3 is 0 Å². The van der Waals surface area contributed by atoms with Crippen LogP contribution in [0.4, 0.5) is 0 Å². The summed E-state index contributed by atoms with van der Waals surface area (Å²) in [5, 5.41) is 2.25. The molecule has 0 radical (unpaired) electrons. The van der Waals surface area contributed by atoms with E-state index in [9.17, 15) is 4.79 Å². The number of halogens is 1. The van der Waals surface area contributed by atoms with Crippen molar-refractivity contribution in [2.24, 2.45) is 0 Å². The van der Waals surface area contributed by atoms with Gasteiger partial charge in [0.25, 0.3) is 0 Å². The summed E-state index contributed by atoms with van der Waals surface area (Å²) in [7, 11) is 0. The first-order valence-electron chi connectivity index (χ1n) is 5.19. The molecule has 1 unspecified atom stereocenters. The first kappa shape index (κ1) is 12.5. The standard InChI is InChI=1S/C11H16ClNOS/c1-3-7-13-11(14)10(12)9-6-5-8(4-2)15-9/h5-6,10H,3-4,7H2,1-2H3,(H,13,14). The lowest BCUT2D eigenvalue weighted by Crippen LogP contribution is -2.27. The average molecular weight is 246 g/mol. The number of amides is 1. The lowest BCUT2D eigenvalue weighted by molar-refractivity contribution is -0.120. The van der Waals surface area contributed by atoms with Crippen LogP contribution < -0.4 is 5.32 Å². The molecule has 2 nitrogen and oxygen atoms in total. The predicted molar refractivity (Wildman–Crippen MR) is 65.6 cm³/mol. The molecule has 1 rings (SSSR count). The molecule has 0 aliphatic heterocycles. The van der Waals surface area contributed by atoms with Crippen LogP contribution in [0, 0.1) is 0 Å². The number of hydrogen-bond acceptors (Lipinski definition) is 2. The zero-order valence-electron chi connectivity index (χ0n) is 9.05. The van der Waals surface area contributed by atoms with Crippen LogP contribution in [0.2, 0.25) is 0 Å². The zero-order valence-corrected chi connectivity index (χ0v) is 10.6. The maximum atomic E-state index is 11.6. The van der Waals surface area contributed by atoms with Crippen molar-refractivity contribution in [2.75, 3.05) is 6.54 Å². The van der Waals surface area contributed by atoms with Gasteiger partial charge in [-0.3, -0.25) is 4.79 Å². The number of thiophene rings is 1. The molecule has 0 fully saturated rings. The third kappa shape index (κ3) is 3.50. The van der Waals surface area contributed by atoms with Gasteiger partial charge in [-0.05, 0) is 25.0 Å². The Morgan fingerprint density at radius 2 is 2.27 bits per heavy atom. The minimum atomic E-state index is -0.540. The minimum Gasteiger partial charge on any atom is -0.355 e. The third-order valence-electron chi connectivity index (χ3n) is 2.06. The Bertz CT molecular complexity index is 324. The van der Waals surface area contributed by atoms with E-state index in [0.717, 1.165) is 17.7 Å². The van der Waals surface area contributed by atoms with Crippen LogP contribution in [0.3, 0.4) is 0 Å². The Hall–Kier alpha value is -0.540. The van der Waals surface area contributed by atoms with Crippen molar-refractivity contribution in [1.82, 2.24) is 5.32 Å². The zero-order chi connectivity index (χ0) is 11.3. The fourth-order valence-corrected chi connectivity index (χ4v) is 2.40. The van der Waals surface area contributed by atoms with Gasteiger partial charge in [0.05, 0.1) is 0 Å². The molecular weight excluding hydrogens is 230 g/mol. The number of rotatable bonds is 5. The van der Waals surface area contributed by atoms with E-state index < -0.39 is 5.38 Å². The second kappa shape index (κ2) is 6.13. The first-order valence-corrected chi connectivity index (χ1v) is 6.44. The number of hydrogen-bond donors (Lipinski definition) is 1. The van der Waals surface area contributed by atoms with Gasteiger partial charge in [-0.15, -0.1) is 22.9 Å². The van der Waals surface area contributed by atoms with Gasteiger partial charge in [-0.25, -0.2) is 0 Å². The van der Waals surface area contributed by atoms with E-state index in [1.165, 1.54) is 4.88 Å². The topological polar surface area (TPSA) is 29.1 Å². The Kier molecular flexibility index (Phi) is 5.12. The van der Waals surface area contributed by atoms with Crippen LogP contribution in [0.15, 0.2) is 12.1 Å². The molecule has 15 heavy (non-hydrogen) atoms. The van der Waals surface area contributed by atoms with E-state index in [1.54, 1.807) is 11.3 Å². The molecule has 0 aromatic carbocycles. The molecule has 0 aliphatic rings. The smallest absolute Gasteiger partial charge is 0.243 e. The van der Waals surface area contributed by atoms with Crippen LogP contribution in [0.25, 0.3) is 0 Å². The molecule has 1 amide bonds. The van der Waals surface area contributed by atoms with Crippen molar-refractivity contribution in [3.63, 3.8) is 0 Å². The van der Waals surface area contributed by atoms with Gasteiger partial charge < -0.3 is 5.32 Å². The highest BCUT2D eigenvalue weighted by molar-refractivity contribution is 7.12. The number of carbonyl (C=O) groups excluding carboxylic acids is 1. The van der Waals surface area contributed by atoms with E-state index in [4.69, 9.17) is 11.6 Å². The molecule has 0 aliphatic carbocycles. The lowest BCUT2D eigenvalue weighted by atomic mass is 10.3. The Balaban J connectivity index is 2.59. The second-order valence-electron chi connectivity index (χ2n) is 3.31. The molecule has 0 bridgehead atoms. The van der Waals surface area contributed by atoms with E-state index in [2.05, 4.69) is 12.2 Å². The second-order valence-corrected chi connectivity index (χ2v) is 4.95. The van der Waals surface area contributed by atoms with Gasteiger partial charge in [0, 0.05) is 16.3 Å². The lowest BCUT2D eigenvalue weighted by Gasteiger charge is -2.07. The third-order valence-corrected chi connectivity index (χ3v) is 3.92. The van der Waals surface area contributed by atoms with Gasteiger partial charge in [0.2, 0.25) is 5.91 Å². The fraction of sp³-hybridized carbons (Fsp3) is 0.545. The summed E-state index contributed by atoms with van der Waals surface area (Å²) in [5.41, 5.74) is 0. The van der Waals surface area contributed by atoms with Crippen molar-refractivity contribution in [3.8, 4) is 0 Å². The van der Waals surface area contributed by atoms with E-state index >= 15 is 0 Å². The van der Waals surface area contributed by atoms with Crippen LogP contribution in [0.5, 0.6) is 0 Å². The monoisotopic (exact) mass is 245 g/mol. The quantitative estimate of drug-likeness (QED) is 0.794. The first-order chi connectivity index (χ1) is 7.19. The average Bonchev–Trinajstić information content (AvgIpc) is 2.73. The Labute approximate surface area is 99.6 Å². The molecule has 0 saturated carbocycles. The highest BCUT2D eigenvalue weighted by Crippen LogP contribution is 2.28. The summed E-state index contributed by atoms with van der Waals surface area (Å²) in [6.07, 6.45) is 1.92. The van der Waals surface area contributed by atoms with E-state index in [1.807, 2.05) is 19.1 Å². The minimum absolute atomic E-state index is 0.0944. The maximum absolute atomic E-state index is 11.6. The predicted octanol–water partition coefficient (Wildman–Crippen LogP) is 3.12. The normalized spacial score (nSPS) is 12.5. The number of carbonyl (C=O) groups is 1. The van der Waals surface area contributed by atoms with Crippen LogP contribution >= 0.6 is 22.9 Å². The summed E-state index contributed by atoms with van der Waals surface area (Å²) < 4.78 is 0. The molecule has 1 aromatic heterocycles. The van der Waals surface area contributed by atoms with E-state index in [0.29, 0.717) is 6.54 Å². The van der Waals surface area contributed by atoms with Crippen molar-refractivity contribution in [3.05, 3.63) is 21.9 Å². The highest BCUT2D eigenvalue weighted by atomic mass is 35.5. The Morgan fingerprint density at radius 1 is 1.53 bits per heavy atom. The molecule has 84 valence electrons. The van der Waals surface area contributed by atoms with Crippen LogP contribution in [-0.2, 0) is 11.2 Å². The maximum Gasteiger partial charge on any atom is 0.243 e. The van der Waals surface area contributed by atoms with Gasteiger partial charge in [-0.2, -0.15) is 0 Å². The van der Waals surface area contributed by atoms with Crippen LogP contribution in [-0.4, -0.2) is 12.5 Å². The molecule has 0 saturated heterocycles. The van der Waals surface area contributed by atoms with Crippen molar-refractivity contribution >= 4 is 28.8 Å².